The monoisotopic (exact) mass is 344 g/mol. The molecule has 1 aromatic rings. The zero-order chi connectivity index (χ0) is 17.6. The van der Waals surface area contributed by atoms with E-state index >= 15 is 0 Å². The summed E-state index contributed by atoms with van der Waals surface area (Å²) >= 11 is 0. The van der Waals surface area contributed by atoms with E-state index in [9.17, 15) is 0 Å². The average Bonchev–Trinajstić information content (AvgIpc) is 2.67. The van der Waals surface area contributed by atoms with Crippen molar-refractivity contribution in [2.75, 3.05) is 6.61 Å². The molecule has 0 amide bonds. The van der Waals surface area contributed by atoms with Crippen molar-refractivity contribution in [1.82, 2.24) is 0 Å². The minimum absolute atomic E-state index is 0.490. The summed E-state index contributed by atoms with van der Waals surface area (Å²) in [4.78, 5) is 0. The van der Waals surface area contributed by atoms with Crippen LogP contribution in [0.25, 0.3) is 0 Å². The maximum Gasteiger partial charge on any atom is 0.0575 e. The summed E-state index contributed by atoms with van der Waals surface area (Å²) in [6.45, 7) is 3.29. The SMILES string of the molecule is CCCC(CCC1CCCCCCCCCCCO1)c1ccccc1. The van der Waals surface area contributed by atoms with Gasteiger partial charge in [0.2, 0.25) is 0 Å². The number of benzene rings is 1. The van der Waals surface area contributed by atoms with Crippen LogP contribution in [0, 0.1) is 0 Å². The molecule has 25 heavy (non-hydrogen) atoms. The number of rotatable bonds is 6. The Balaban J connectivity index is 1.82. The van der Waals surface area contributed by atoms with Gasteiger partial charge in [0.25, 0.3) is 0 Å². The third kappa shape index (κ3) is 8.90. The molecule has 1 heterocycles. The Morgan fingerprint density at radius 3 is 2.16 bits per heavy atom. The van der Waals surface area contributed by atoms with Crippen LogP contribution in [0.5, 0.6) is 0 Å². The lowest BCUT2D eigenvalue weighted by atomic mass is 9.88. The van der Waals surface area contributed by atoms with Gasteiger partial charge in [0, 0.05) is 6.61 Å². The van der Waals surface area contributed by atoms with E-state index in [0.717, 1.165) is 6.61 Å². The zero-order valence-electron chi connectivity index (χ0n) is 16.6. The van der Waals surface area contributed by atoms with E-state index in [2.05, 4.69) is 37.3 Å². The van der Waals surface area contributed by atoms with Gasteiger partial charge in [-0.05, 0) is 43.6 Å². The molecule has 2 rings (SSSR count). The Bertz CT molecular complexity index is 399. The molecule has 1 heteroatoms. The second-order valence-electron chi connectivity index (χ2n) is 7.94. The minimum atomic E-state index is 0.490. The molecule has 0 saturated carbocycles. The van der Waals surface area contributed by atoms with Crippen molar-refractivity contribution in [2.45, 2.75) is 109 Å². The number of hydrogen-bond acceptors (Lipinski definition) is 1. The van der Waals surface area contributed by atoms with E-state index in [1.165, 1.54) is 95.5 Å². The Labute approximate surface area is 156 Å². The molecule has 1 saturated heterocycles. The first-order valence-electron chi connectivity index (χ1n) is 11.1. The quantitative estimate of drug-likeness (QED) is 0.515. The van der Waals surface area contributed by atoms with Crippen LogP contribution >= 0.6 is 0 Å². The molecule has 0 spiro atoms. The standard InChI is InChI=1S/C24H40O/c1-2-15-22(23-16-11-10-12-17-23)19-20-24-18-13-8-6-4-3-5-7-9-14-21-25-24/h10-12,16-17,22,24H,2-9,13-15,18-21H2,1H3. The molecule has 0 N–H and O–H groups in total. The summed E-state index contributed by atoms with van der Waals surface area (Å²) in [5.74, 6) is 0.708. The normalized spacial score (nSPS) is 22.4. The van der Waals surface area contributed by atoms with E-state index in [1.807, 2.05) is 0 Å². The Morgan fingerprint density at radius 2 is 1.48 bits per heavy atom. The summed E-state index contributed by atoms with van der Waals surface area (Å²) in [5, 5.41) is 0. The van der Waals surface area contributed by atoms with Crippen LogP contribution in [-0.2, 0) is 4.74 Å². The van der Waals surface area contributed by atoms with Gasteiger partial charge in [-0.25, -0.2) is 0 Å². The van der Waals surface area contributed by atoms with Crippen molar-refractivity contribution in [3.8, 4) is 0 Å². The van der Waals surface area contributed by atoms with E-state index in [4.69, 9.17) is 4.74 Å². The van der Waals surface area contributed by atoms with E-state index in [-0.39, 0.29) is 0 Å². The average molecular weight is 345 g/mol. The molecule has 1 aliphatic rings. The Kier molecular flexibility index (Phi) is 11.0. The third-order valence-electron chi connectivity index (χ3n) is 5.77. The summed E-state index contributed by atoms with van der Waals surface area (Å²) in [7, 11) is 0. The van der Waals surface area contributed by atoms with Crippen LogP contribution in [0.3, 0.4) is 0 Å². The fourth-order valence-electron chi connectivity index (χ4n) is 4.21. The van der Waals surface area contributed by atoms with E-state index < -0.39 is 0 Å². The van der Waals surface area contributed by atoms with Crippen molar-refractivity contribution in [3.05, 3.63) is 35.9 Å². The Morgan fingerprint density at radius 1 is 0.840 bits per heavy atom. The molecule has 142 valence electrons. The zero-order valence-corrected chi connectivity index (χ0v) is 16.6. The highest BCUT2D eigenvalue weighted by Crippen LogP contribution is 2.28. The van der Waals surface area contributed by atoms with Crippen LogP contribution in [0.15, 0.2) is 30.3 Å². The lowest BCUT2D eigenvalue weighted by molar-refractivity contribution is 0.0350. The molecule has 1 aromatic carbocycles. The van der Waals surface area contributed by atoms with Crippen molar-refractivity contribution < 1.29 is 4.74 Å². The lowest BCUT2D eigenvalue weighted by Crippen LogP contribution is -2.15. The third-order valence-corrected chi connectivity index (χ3v) is 5.77. The van der Waals surface area contributed by atoms with Crippen molar-refractivity contribution in [1.29, 1.82) is 0 Å². The molecule has 0 aromatic heterocycles. The largest absolute Gasteiger partial charge is 0.378 e. The number of ether oxygens (including phenoxy) is 1. The lowest BCUT2D eigenvalue weighted by Gasteiger charge is -2.22. The van der Waals surface area contributed by atoms with Gasteiger partial charge >= 0.3 is 0 Å². The van der Waals surface area contributed by atoms with Gasteiger partial charge in [-0.3, -0.25) is 0 Å². The van der Waals surface area contributed by atoms with Gasteiger partial charge in [0.1, 0.15) is 0 Å². The second-order valence-corrected chi connectivity index (χ2v) is 7.94. The van der Waals surface area contributed by atoms with Crippen molar-refractivity contribution >= 4 is 0 Å². The van der Waals surface area contributed by atoms with Gasteiger partial charge in [0.05, 0.1) is 6.10 Å². The summed E-state index contributed by atoms with van der Waals surface area (Å²) in [6.07, 6.45) is 19.4. The molecule has 1 nitrogen and oxygen atoms in total. The first-order chi connectivity index (χ1) is 12.4. The van der Waals surface area contributed by atoms with Crippen molar-refractivity contribution in [3.63, 3.8) is 0 Å². The van der Waals surface area contributed by atoms with Gasteiger partial charge < -0.3 is 4.74 Å². The highest BCUT2D eigenvalue weighted by molar-refractivity contribution is 5.19. The van der Waals surface area contributed by atoms with E-state index in [1.54, 1.807) is 0 Å². The predicted octanol–water partition coefficient (Wildman–Crippen LogP) is 7.65. The van der Waals surface area contributed by atoms with Gasteiger partial charge in [-0.15, -0.1) is 0 Å². The minimum Gasteiger partial charge on any atom is -0.378 e. The fraction of sp³-hybridized carbons (Fsp3) is 0.750. The number of hydrogen-bond donors (Lipinski definition) is 0. The molecule has 2 atom stereocenters. The first kappa shape index (κ1) is 20.5. The molecule has 1 aliphatic heterocycles. The smallest absolute Gasteiger partial charge is 0.0575 e. The molecule has 0 radical (unpaired) electrons. The van der Waals surface area contributed by atoms with Crippen LogP contribution in [0.2, 0.25) is 0 Å². The van der Waals surface area contributed by atoms with Crippen molar-refractivity contribution in [2.24, 2.45) is 0 Å². The van der Waals surface area contributed by atoms with Gasteiger partial charge in [-0.1, -0.05) is 95.0 Å². The molecular formula is C24H40O. The van der Waals surface area contributed by atoms with Crippen LogP contribution in [0.4, 0.5) is 0 Å². The van der Waals surface area contributed by atoms with Crippen LogP contribution < -0.4 is 0 Å². The molecular weight excluding hydrogens is 304 g/mol. The fourth-order valence-corrected chi connectivity index (χ4v) is 4.21. The van der Waals surface area contributed by atoms with E-state index in [0.29, 0.717) is 12.0 Å². The van der Waals surface area contributed by atoms with Gasteiger partial charge in [-0.2, -0.15) is 0 Å². The maximum atomic E-state index is 6.32. The van der Waals surface area contributed by atoms with Crippen LogP contribution in [0.1, 0.15) is 108 Å². The second kappa shape index (κ2) is 13.4. The highest BCUT2D eigenvalue weighted by Gasteiger charge is 2.15. The summed E-state index contributed by atoms with van der Waals surface area (Å²) < 4.78 is 6.32. The maximum absolute atomic E-state index is 6.32. The molecule has 1 fully saturated rings. The van der Waals surface area contributed by atoms with Gasteiger partial charge in [0.15, 0.2) is 0 Å². The predicted molar refractivity (Wildman–Crippen MR) is 109 cm³/mol. The summed E-state index contributed by atoms with van der Waals surface area (Å²) in [6, 6.07) is 11.1. The van der Waals surface area contributed by atoms with Crippen LogP contribution in [-0.4, -0.2) is 12.7 Å². The summed E-state index contributed by atoms with van der Waals surface area (Å²) in [5.41, 5.74) is 1.52. The Hall–Kier alpha value is -0.820. The topological polar surface area (TPSA) is 9.23 Å². The molecule has 0 bridgehead atoms. The molecule has 0 aliphatic carbocycles. The highest BCUT2D eigenvalue weighted by atomic mass is 16.5. The molecule has 2 unspecified atom stereocenters. The first-order valence-corrected chi connectivity index (χ1v) is 11.1.